The quantitative estimate of drug-likeness (QED) is 0.426. The Bertz CT molecular complexity index is 1080. The lowest BCUT2D eigenvalue weighted by Crippen LogP contribution is -2.16. The van der Waals surface area contributed by atoms with Crippen LogP contribution < -0.4 is 5.32 Å². The van der Waals surface area contributed by atoms with Crippen LogP contribution in [0.4, 0.5) is 23.2 Å². The summed E-state index contributed by atoms with van der Waals surface area (Å²) in [4.78, 5) is 19.7. The van der Waals surface area contributed by atoms with Crippen LogP contribution in [-0.2, 0) is 6.18 Å². The van der Waals surface area contributed by atoms with Crippen LogP contribution in [0.2, 0.25) is 5.15 Å². The van der Waals surface area contributed by atoms with Gasteiger partial charge in [-0.3, -0.25) is 9.78 Å². The Kier molecular flexibility index (Phi) is 5.57. The van der Waals surface area contributed by atoms with Crippen molar-refractivity contribution in [1.82, 2.24) is 9.97 Å². The van der Waals surface area contributed by atoms with Gasteiger partial charge in [-0.15, -0.1) is 0 Å². The number of nitrogens with zero attached hydrogens (tertiary/aromatic N) is 2. The van der Waals surface area contributed by atoms with Gasteiger partial charge in [0.15, 0.2) is 0 Å². The number of pyridine rings is 2. The summed E-state index contributed by atoms with van der Waals surface area (Å²) in [5.41, 5.74) is 0.822. The fraction of sp³-hybridized carbons (Fsp3) is 0.150. The van der Waals surface area contributed by atoms with Gasteiger partial charge >= 0.3 is 6.18 Å². The molecule has 1 aromatic carbocycles. The number of hydrogen-bond acceptors (Lipinski definition) is 3. The van der Waals surface area contributed by atoms with E-state index in [-0.39, 0.29) is 16.4 Å². The third-order valence-electron chi connectivity index (χ3n) is 4.11. The zero-order valence-electron chi connectivity index (χ0n) is 15.2. The summed E-state index contributed by atoms with van der Waals surface area (Å²) >= 11 is 5.99. The molecule has 4 nitrogen and oxygen atoms in total. The summed E-state index contributed by atoms with van der Waals surface area (Å²) in [5, 5.41) is 2.57. The molecule has 29 heavy (non-hydrogen) atoms. The minimum atomic E-state index is -4.70. The summed E-state index contributed by atoms with van der Waals surface area (Å²) in [6.07, 6.45) is -3.83. The van der Waals surface area contributed by atoms with E-state index in [1.54, 1.807) is 26.0 Å². The second kappa shape index (κ2) is 7.79. The summed E-state index contributed by atoms with van der Waals surface area (Å²) < 4.78 is 52.8. The fourth-order valence-electron chi connectivity index (χ4n) is 2.78. The summed E-state index contributed by atoms with van der Waals surface area (Å²) in [6, 6.07) is 7.69. The lowest BCUT2D eigenvalue weighted by atomic mass is 9.99. The number of carbonyl (C=O) groups is 1. The number of halogens is 5. The molecule has 0 radical (unpaired) electrons. The van der Waals surface area contributed by atoms with E-state index in [2.05, 4.69) is 15.3 Å². The van der Waals surface area contributed by atoms with Crippen LogP contribution in [0.1, 0.15) is 27.3 Å². The first kappa shape index (κ1) is 20.7. The minimum absolute atomic E-state index is 0.174. The molecule has 1 amide bonds. The van der Waals surface area contributed by atoms with Crippen molar-refractivity contribution in [1.29, 1.82) is 0 Å². The Labute approximate surface area is 168 Å². The number of hydrogen-bond donors (Lipinski definition) is 1. The van der Waals surface area contributed by atoms with E-state index in [0.29, 0.717) is 28.5 Å². The van der Waals surface area contributed by atoms with Gasteiger partial charge < -0.3 is 5.32 Å². The van der Waals surface area contributed by atoms with Gasteiger partial charge in [0, 0.05) is 17.5 Å². The molecule has 0 aliphatic carbocycles. The van der Waals surface area contributed by atoms with Crippen LogP contribution in [0.15, 0.2) is 42.6 Å². The molecule has 1 N–H and O–H groups in total. The third kappa shape index (κ3) is 4.71. The van der Waals surface area contributed by atoms with Crippen molar-refractivity contribution >= 4 is 23.2 Å². The average molecular weight is 424 g/mol. The highest BCUT2D eigenvalue weighted by Gasteiger charge is 2.33. The van der Waals surface area contributed by atoms with Gasteiger partial charge in [-0.2, -0.15) is 13.2 Å². The average Bonchev–Trinajstić information content (AvgIpc) is 2.62. The predicted molar refractivity (Wildman–Crippen MR) is 101 cm³/mol. The van der Waals surface area contributed by atoms with Gasteiger partial charge in [-0.1, -0.05) is 11.6 Å². The first-order chi connectivity index (χ1) is 13.5. The van der Waals surface area contributed by atoms with E-state index < -0.39 is 23.6 Å². The highest BCUT2D eigenvalue weighted by Crippen LogP contribution is 2.31. The Hall–Kier alpha value is -3.00. The second-order valence-corrected chi connectivity index (χ2v) is 6.74. The van der Waals surface area contributed by atoms with Gasteiger partial charge in [-0.25, -0.2) is 9.37 Å². The molecule has 150 valence electrons. The zero-order chi connectivity index (χ0) is 21.3. The monoisotopic (exact) mass is 423 g/mol. The Morgan fingerprint density at radius 3 is 2.48 bits per heavy atom. The van der Waals surface area contributed by atoms with Crippen LogP contribution in [-0.4, -0.2) is 15.9 Å². The van der Waals surface area contributed by atoms with Crippen LogP contribution in [0.3, 0.4) is 0 Å². The van der Waals surface area contributed by atoms with Crippen LogP contribution in [0, 0.1) is 19.7 Å². The minimum Gasteiger partial charge on any atom is -0.319 e. The SMILES string of the molecule is Cc1cc(-c2cc(NC(=O)c3ccnc(C(F)(F)F)c3)c(F)cc2C)cc(Cl)n1. The largest absolute Gasteiger partial charge is 0.433 e. The molecule has 0 unspecified atom stereocenters. The van der Waals surface area contributed by atoms with E-state index in [0.717, 1.165) is 12.3 Å². The molecule has 3 aromatic rings. The number of amides is 1. The molecule has 0 fully saturated rings. The molecule has 2 aromatic heterocycles. The number of rotatable bonds is 3. The lowest BCUT2D eigenvalue weighted by molar-refractivity contribution is -0.141. The normalized spacial score (nSPS) is 11.4. The summed E-state index contributed by atoms with van der Waals surface area (Å²) in [7, 11) is 0. The van der Waals surface area contributed by atoms with Gasteiger partial charge in [-0.05, 0) is 66.9 Å². The maximum atomic E-state index is 14.4. The highest BCUT2D eigenvalue weighted by atomic mass is 35.5. The van der Waals surface area contributed by atoms with Crippen LogP contribution in [0.5, 0.6) is 0 Å². The molecular formula is C20H14ClF4N3O. The molecule has 0 saturated carbocycles. The highest BCUT2D eigenvalue weighted by molar-refractivity contribution is 6.29. The van der Waals surface area contributed by atoms with Crippen molar-refractivity contribution in [3.63, 3.8) is 0 Å². The number of carbonyl (C=O) groups excluding carboxylic acids is 1. The first-order valence-electron chi connectivity index (χ1n) is 8.34. The zero-order valence-corrected chi connectivity index (χ0v) is 16.0. The Morgan fingerprint density at radius 2 is 1.83 bits per heavy atom. The van der Waals surface area contributed by atoms with Crippen LogP contribution >= 0.6 is 11.6 Å². The fourth-order valence-corrected chi connectivity index (χ4v) is 3.04. The van der Waals surface area contributed by atoms with Gasteiger partial charge in [0.25, 0.3) is 5.91 Å². The summed E-state index contributed by atoms with van der Waals surface area (Å²) in [6.45, 7) is 3.44. The van der Waals surface area contributed by atoms with Crippen molar-refractivity contribution in [3.8, 4) is 11.1 Å². The van der Waals surface area contributed by atoms with Crippen molar-refractivity contribution in [2.45, 2.75) is 20.0 Å². The maximum Gasteiger partial charge on any atom is 0.433 e. The number of alkyl halides is 3. The number of benzene rings is 1. The molecule has 0 bridgehead atoms. The standard InChI is InChI=1S/C20H14ClF4N3O/c1-10-5-15(22)16(9-14(10)13-6-11(2)27-18(21)8-13)28-19(29)12-3-4-26-17(7-12)20(23,24)25/h3-9H,1-2H3,(H,28,29). The second-order valence-electron chi connectivity index (χ2n) is 6.35. The molecule has 0 saturated heterocycles. The van der Waals surface area contributed by atoms with E-state index in [1.165, 1.54) is 12.1 Å². The molecule has 9 heteroatoms. The first-order valence-corrected chi connectivity index (χ1v) is 8.71. The Balaban J connectivity index is 1.97. The molecule has 0 aliphatic heterocycles. The van der Waals surface area contributed by atoms with Crippen molar-refractivity contribution in [3.05, 3.63) is 76.1 Å². The molecule has 0 atom stereocenters. The molecule has 0 aliphatic rings. The number of nitrogens with one attached hydrogen (secondary N) is 1. The van der Waals surface area contributed by atoms with Gasteiger partial charge in [0.2, 0.25) is 0 Å². The van der Waals surface area contributed by atoms with E-state index >= 15 is 0 Å². The third-order valence-corrected chi connectivity index (χ3v) is 4.30. The molecule has 3 rings (SSSR count). The number of aryl methyl sites for hydroxylation is 2. The predicted octanol–water partition coefficient (Wildman–Crippen LogP) is 5.82. The van der Waals surface area contributed by atoms with E-state index in [1.807, 2.05) is 0 Å². The lowest BCUT2D eigenvalue weighted by Gasteiger charge is -2.13. The maximum absolute atomic E-state index is 14.4. The van der Waals surface area contributed by atoms with Gasteiger partial charge in [0.1, 0.15) is 16.7 Å². The Morgan fingerprint density at radius 1 is 1.10 bits per heavy atom. The summed E-state index contributed by atoms with van der Waals surface area (Å²) in [5.74, 6) is -1.61. The van der Waals surface area contributed by atoms with Gasteiger partial charge in [0.05, 0.1) is 5.69 Å². The number of aromatic nitrogens is 2. The van der Waals surface area contributed by atoms with E-state index in [9.17, 15) is 22.4 Å². The number of anilines is 1. The van der Waals surface area contributed by atoms with E-state index in [4.69, 9.17) is 11.6 Å². The van der Waals surface area contributed by atoms with Crippen molar-refractivity contribution in [2.24, 2.45) is 0 Å². The van der Waals surface area contributed by atoms with Crippen molar-refractivity contribution < 1.29 is 22.4 Å². The molecule has 0 spiro atoms. The molecular weight excluding hydrogens is 410 g/mol. The van der Waals surface area contributed by atoms with Crippen molar-refractivity contribution in [2.75, 3.05) is 5.32 Å². The topological polar surface area (TPSA) is 54.9 Å². The molecule has 2 heterocycles. The smallest absolute Gasteiger partial charge is 0.319 e. The van der Waals surface area contributed by atoms with Crippen LogP contribution in [0.25, 0.3) is 11.1 Å².